The lowest BCUT2D eigenvalue weighted by atomic mass is 10.0. The maximum Gasteiger partial charge on any atom is 0.328 e. The number of esters is 1. The van der Waals surface area contributed by atoms with Crippen molar-refractivity contribution >= 4 is 28.5 Å². The summed E-state index contributed by atoms with van der Waals surface area (Å²) in [5.74, 6) is -0.562. The van der Waals surface area contributed by atoms with E-state index in [1.165, 1.54) is 7.11 Å². The van der Waals surface area contributed by atoms with Gasteiger partial charge in [0.2, 0.25) is 0 Å². The van der Waals surface area contributed by atoms with Crippen molar-refractivity contribution < 1.29 is 24.3 Å². The molecular weight excluding hydrogens is 458 g/mol. The van der Waals surface area contributed by atoms with Crippen molar-refractivity contribution in [3.8, 4) is 5.75 Å². The number of carbonyl (C=O) groups excluding carboxylic acids is 2. The quantitative estimate of drug-likeness (QED) is 0.136. The van der Waals surface area contributed by atoms with E-state index >= 15 is 0 Å². The van der Waals surface area contributed by atoms with Crippen LogP contribution in [0.4, 0.5) is 0 Å². The number of fused-ring (bicyclic) bond motifs is 1. The molecule has 4 rings (SSSR count). The van der Waals surface area contributed by atoms with Gasteiger partial charge in [0.05, 0.1) is 7.11 Å². The number of oxime groups is 1. The van der Waals surface area contributed by atoms with Crippen molar-refractivity contribution in [1.82, 2.24) is 10.3 Å². The fourth-order valence-electron chi connectivity index (χ4n) is 3.89. The summed E-state index contributed by atoms with van der Waals surface area (Å²) in [5.41, 5.74) is 3.46. The molecule has 0 spiro atoms. The van der Waals surface area contributed by atoms with Gasteiger partial charge in [0.15, 0.2) is 0 Å². The summed E-state index contributed by atoms with van der Waals surface area (Å²) in [6.07, 6.45) is 2.05. The fourth-order valence-corrected chi connectivity index (χ4v) is 3.89. The van der Waals surface area contributed by atoms with Gasteiger partial charge in [0.1, 0.15) is 24.1 Å². The Morgan fingerprint density at radius 3 is 2.42 bits per heavy atom. The first-order chi connectivity index (χ1) is 17.6. The van der Waals surface area contributed by atoms with Gasteiger partial charge in [0.25, 0.3) is 5.91 Å². The Kier molecular flexibility index (Phi) is 7.97. The van der Waals surface area contributed by atoms with Crippen molar-refractivity contribution in [1.29, 1.82) is 0 Å². The van der Waals surface area contributed by atoms with Crippen molar-refractivity contribution in [2.24, 2.45) is 5.16 Å². The Morgan fingerprint density at radius 1 is 0.972 bits per heavy atom. The minimum Gasteiger partial charge on any atom is -0.489 e. The first kappa shape index (κ1) is 24.5. The molecule has 3 N–H and O–H groups in total. The fraction of sp³-hybridized carbons (Fsp3) is 0.179. The summed E-state index contributed by atoms with van der Waals surface area (Å²) in [6, 6.07) is 23.8. The number of nitrogens with one attached hydrogen (secondary N) is 2. The molecule has 36 heavy (non-hydrogen) atoms. The highest BCUT2D eigenvalue weighted by Gasteiger charge is 2.25. The van der Waals surface area contributed by atoms with E-state index in [1.54, 1.807) is 6.20 Å². The highest BCUT2D eigenvalue weighted by atomic mass is 16.5. The number of carbonyl (C=O) groups is 2. The molecule has 8 heteroatoms. The minimum absolute atomic E-state index is 0.0910. The lowest BCUT2D eigenvalue weighted by Crippen LogP contribution is -2.46. The number of para-hydroxylation sites is 1. The molecule has 1 heterocycles. The van der Waals surface area contributed by atoms with Gasteiger partial charge in [0, 0.05) is 29.9 Å². The summed E-state index contributed by atoms with van der Waals surface area (Å²) >= 11 is 0. The van der Waals surface area contributed by atoms with Gasteiger partial charge in [-0.25, -0.2) is 4.79 Å². The zero-order chi connectivity index (χ0) is 25.3. The minimum atomic E-state index is -0.960. The van der Waals surface area contributed by atoms with Gasteiger partial charge in [-0.1, -0.05) is 65.8 Å². The molecule has 0 aliphatic heterocycles. The molecule has 0 saturated carbocycles. The van der Waals surface area contributed by atoms with Crippen LogP contribution < -0.4 is 10.1 Å². The second-order valence-corrected chi connectivity index (χ2v) is 8.25. The van der Waals surface area contributed by atoms with Gasteiger partial charge in [-0.3, -0.25) is 4.79 Å². The van der Waals surface area contributed by atoms with E-state index < -0.39 is 17.9 Å². The van der Waals surface area contributed by atoms with Crippen LogP contribution in [0.5, 0.6) is 5.75 Å². The number of H-pyrrole nitrogens is 1. The van der Waals surface area contributed by atoms with Gasteiger partial charge in [-0.2, -0.15) is 0 Å². The van der Waals surface area contributed by atoms with Crippen LogP contribution in [0.3, 0.4) is 0 Å². The molecule has 1 aromatic heterocycles. The zero-order valence-electron chi connectivity index (χ0n) is 19.8. The number of nitrogens with zero attached hydrogens (tertiary/aromatic N) is 1. The Hall–Kier alpha value is -4.59. The summed E-state index contributed by atoms with van der Waals surface area (Å²) in [6.45, 7) is 0.445. The highest BCUT2D eigenvalue weighted by molar-refractivity contribution is 6.39. The molecule has 184 valence electrons. The number of amides is 1. The molecule has 8 nitrogen and oxygen atoms in total. The van der Waals surface area contributed by atoms with Crippen LogP contribution in [-0.4, -0.2) is 40.9 Å². The molecule has 0 saturated heterocycles. The monoisotopic (exact) mass is 485 g/mol. The molecule has 3 aromatic carbocycles. The average molecular weight is 486 g/mol. The van der Waals surface area contributed by atoms with E-state index in [0.29, 0.717) is 12.4 Å². The zero-order valence-corrected chi connectivity index (χ0v) is 19.8. The van der Waals surface area contributed by atoms with E-state index in [-0.39, 0.29) is 18.6 Å². The van der Waals surface area contributed by atoms with Crippen molar-refractivity contribution in [3.63, 3.8) is 0 Å². The van der Waals surface area contributed by atoms with Crippen LogP contribution in [0, 0.1) is 0 Å². The molecule has 0 aliphatic rings. The highest BCUT2D eigenvalue weighted by Crippen LogP contribution is 2.19. The number of hydrogen-bond acceptors (Lipinski definition) is 6. The first-order valence-electron chi connectivity index (χ1n) is 11.5. The SMILES string of the molecule is COC(=O)[C@H](Cc1ccc(OCc2ccccc2)cc1)NC(=O)/C(Cc1c[nH]c2ccccc12)=N\O. The third kappa shape index (κ3) is 6.09. The van der Waals surface area contributed by atoms with Crippen LogP contribution in [0.2, 0.25) is 0 Å². The number of aromatic nitrogens is 1. The van der Waals surface area contributed by atoms with E-state index in [4.69, 9.17) is 9.47 Å². The maximum atomic E-state index is 12.9. The van der Waals surface area contributed by atoms with E-state index in [1.807, 2.05) is 78.9 Å². The maximum absolute atomic E-state index is 12.9. The van der Waals surface area contributed by atoms with Crippen molar-refractivity contribution in [3.05, 3.63) is 102 Å². The predicted octanol–water partition coefficient (Wildman–Crippen LogP) is 4.02. The molecule has 0 unspecified atom stereocenters. The Labute approximate surface area is 208 Å². The normalized spacial score (nSPS) is 12.2. The second-order valence-electron chi connectivity index (χ2n) is 8.25. The molecular formula is C28H27N3O5. The number of methoxy groups -OCH3 is 1. The Balaban J connectivity index is 1.39. The lowest BCUT2D eigenvalue weighted by Gasteiger charge is -2.17. The molecule has 0 aliphatic carbocycles. The smallest absolute Gasteiger partial charge is 0.328 e. The van der Waals surface area contributed by atoms with Gasteiger partial charge < -0.3 is 25.0 Å². The van der Waals surface area contributed by atoms with Gasteiger partial charge >= 0.3 is 5.97 Å². The summed E-state index contributed by atoms with van der Waals surface area (Å²) in [7, 11) is 1.26. The van der Waals surface area contributed by atoms with Gasteiger partial charge in [-0.05, 0) is 34.9 Å². The summed E-state index contributed by atoms with van der Waals surface area (Å²) < 4.78 is 10.7. The number of hydrogen-bond donors (Lipinski definition) is 3. The van der Waals surface area contributed by atoms with Crippen LogP contribution in [0.25, 0.3) is 10.9 Å². The Morgan fingerprint density at radius 2 is 1.69 bits per heavy atom. The van der Waals surface area contributed by atoms with Crippen LogP contribution in [0.15, 0.2) is 90.2 Å². The van der Waals surface area contributed by atoms with Crippen molar-refractivity contribution in [2.45, 2.75) is 25.5 Å². The number of benzene rings is 3. The number of rotatable bonds is 10. The second kappa shape index (κ2) is 11.7. The molecule has 1 amide bonds. The van der Waals surface area contributed by atoms with Crippen LogP contribution in [-0.2, 0) is 33.8 Å². The lowest BCUT2D eigenvalue weighted by molar-refractivity contribution is -0.144. The number of aromatic amines is 1. The largest absolute Gasteiger partial charge is 0.489 e. The summed E-state index contributed by atoms with van der Waals surface area (Å²) in [4.78, 5) is 28.4. The predicted molar refractivity (Wildman–Crippen MR) is 136 cm³/mol. The van der Waals surface area contributed by atoms with Crippen LogP contribution >= 0.6 is 0 Å². The molecule has 0 fully saturated rings. The van der Waals surface area contributed by atoms with Crippen LogP contribution in [0.1, 0.15) is 16.7 Å². The standard InChI is InChI=1S/C28H27N3O5/c1-35-28(33)26(15-19-11-13-22(14-12-19)36-18-20-7-3-2-4-8-20)30-27(32)25(31-34)16-21-17-29-24-10-6-5-9-23(21)24/h2-14,17,26,29,34H,15-16,18H2,1H3,(H,30,32)/b31-25-/t26-/m0/s1. The van der Waals surface area contributed by atoms with E-state index in [2.05, 4.69) is 15.5 Å². The molecule has 4 aromatic rings. The van der Waals surface area contributed by atoms with E-state index in [9.17, 15) is 14.8 Å². The molecule has 0 radical (unpaired) electrons. The third-order valence-electron chi connectivity index (χ3n) is 5.82. The van der Waals surface area contributed by atoms with Crippen molar-refractivity contribution in [2.75, 3.05) is 7.11 Å². The number of ether oxygens (including phenoxy) is 2. The first-order valence-corrected chi connectivity index (χ1v) is 11.5. The Bertz CT molecular complexity index is 1350. The molecule has 1 atom stereocenters. The third-order valence-corrected chi connectivity index (χ3v) is 5.82. The topological polar surface area (TPSA) is 113 Å². The molecule has 0 bridgehead atoms. The van der Waals surface area contributed by atoms with E-state index in [0.717, 1.165) is 27.6 Å². The average Bonchev–Trinajstić information content (AvgIpc) is 3.33. The van der Waals surface area contributed by atoms with Gasteiger partial charge in [-0.15, -0.1) is 0 Å². The summed E-state index contributed by atoms with van der Waals surface area (Å²) in [5, 5.41) is 16.3.